The number of nitrogens with one attached hydrogen (secondary N) is 3. The number of cyclic esters (lactones) is 1. The predicted molar refractivity (Wildman–Crippen MR) is 131 cm³/mol. The fraction of sp³-hybridized carbons (Fsp3) is 0.417. The third-order valence-electron chi connectivity index (χ3n) is 6.13. The van der Waals surface area contributed by atoms with Gasteiger partial charge < -0.3 is 34.9 Å². The van der Waals surface area contributed by atoms with Gasteiger partial charge in [0.2, 0.25) is 5.91 Å². The molecule has 0 bridgehead atoms. The maximum Gasteiger partial charge on any atom is 0.414 e. The second-order valence-corrected chi connectivity index (χ2v) is 8.61. The quantitative estimate of drug-likeness (QED) is 0.466. The topological polar surface area (TPSA) is 136 Å². The number of aromatic nitrogens is 1. The van der Waals surface area contributed by atoms with Crippen molar-refractivity contribution in [1.82, 2.24) is 20.5 Å². The average molecular weight is 535 g/mol. The Kier molecular flexibility index (Phi) is 8.28. The molecule has 4 amide bonds. The summed E-state index contributed by atoms with van der Waals surface area (Å²) in [5.74, 6) is -2.44. The summed E-state index contributed by atoms with van der Waals surface area (Å²) in [6.07, 6.45) is -0.564. The molecule has 14 heteroatoms. The van der Waals surface area contributed by atoms with Gasteiger partial charge in [-0.25, -0.2) is 18.4 Å². The van der Waals surface area contributed by atoms with Gasteiger partial charge in [-0.05, 0) is 19.1 Å². The van der Waals surface area contributed by atoms with Crippen molar-refractivity contribution < 1.29 is 37.4 Å². The van der Waals surface area contributed by atoms with E-state index < -0.39 is 35.8 Å². The van der Waals surface area contributed by atoms with E-state index in [1.807, 2.05) is 0 Å². The number of H-pyrrole nitrogens is 1. The van der Waals surface area contributed by atoms with Gasteiger partial charge in [-0.2, -0.15) is 0 Å². The number of hydrogen-bond acceptors (Lipinski definition) is 7. The summed E-state index contributed by atoms with van der Waals surface area (Å²) in [7, 11) is 0. The van der Waals surface area contributed by atoms with E-state index in [0.717, 1.165) is 17.0 Å². The standard InChI is InChI=1S/C24H28F2N6O6/c1-2-37-23(35)29-12-16-14-32(24(36)38-16)15-10-17(25)21(18(26)11-15)31-8-6-30(7-9-31)20(33)13-28-22(34)19-4-3-5-27-19/h3-5,10-11,16,27H,2,6-9,12-14H2,1H3,(H,28,34)(H,29,35)/t16-/m0/s1. The average Bonchev–Trinajstić information content (AvgIpc) is 3.56. The Morgan fingerprint density at radius 1 is 1.13 bits per heavy atom. The van der Waals surface area contributed by atoms with Gasteiger partial charge in [0.25, 0.3) is 5.91 Å². The van der Waals surface area contributed by atoms with Crippen molar-refractivity contribution in [2.75, 3.05) is 62.2 Å². The van der Waals surface area contributed by atoms with Crippen LogP contribution in [0.5, 0.6) is 0 Å². The van der Waals surface area contributed by atoms with E-state index in [4.69, 9.17) is 9.47 Å². The van der Waals surface area contributed by atoms with Crippen LogP contribution in [0.15, 0.2) is 30.5 Å². The van der Waals surface area contributed by atoms with Gasteiger partial charge >= 0.3 is 12.2 Å². The summed E-state index contributed by atoms with van der Waals surface area (Å²) in [5.41, 5.74) is 0.0658. The maximum atomic E-state index is 15.0. The molecule has 12 nitrogen and oxygen atoms in total. The van der Waals surface area contributed by atoms with Gasteiger partial charge in [-0.1, -0.05) is 0 Å². The number of amides is 4. The highest BCUT2D eigenvalue weighted by Crippen LogP contribution is 2.31. The van der Waals surface area contributed by atoms with Crippen LogP contribution in [0.2, 0.25) is 0 Å². The molecule has 2 saturated heterocycles. The summed E-state index contributed by atoms with van der Waals surface area (Å²) < 4.78 is 40.0. The molecule has 2 aromatic rings. The van der Waals surface area contributed by atoms with Crippen molar-refractivity contribution >= 4 is 35.4 Å². The van der Waals surface area contributed by atoms with Crippen LogP contribution in [0.1, 0.15) is 17.4 Å². The molecule has 0 unspecified atom stereocenters. The lowest BCUT2D eigenvalue weighted by Crippen LogP contribution is -2.51. The summed E-state index contributed by atoms with van der Waals surface area (Å²) in [4.78, 5) is 55.0. The minimum absolute atomic E-state index is 0.00928. The molecule has 1 aromatic heterocycles. The Hall–Kier alpha value is -4.36. The van der Waals surface area contributed by atoms with E-state index in [0.29, 0.717) is 5.69 Å². The molecule has 204 valence electrons. The minimum Gasteiger partial charge on any atom is -0.450 e. The number of carbonyl (C=O) groups excluding carboxylic acids is 4. The highest BCUT2D eigenvalue weighted by Gasteiger charge is 2.34. The van der Waals surface area contributed by atoms with Crippen molar-refractivity contribution in [2.45, 2.75) is 13.0 Å². The number of halogens is 2. The Balaban J connectivity index is 1.31. The zero-order valence-electron chi connectivity index (χ0n) is 20.7. The number of hydrogen-bond donors (Lipinski definition) is 3. The van der Waals surface area contributed by atoms with E-state index in [9.17, 15) is 19.2 Å². The predicted octanol–water partition coefficient (Wildman–Crippen LogP) is 1.44. The lowest BCUT2D eigenvalue weighted by molar-refractivity contribution is -0.130. The Morgan fingerprint density at radius 3 is 2.47 bits per heavy atom. The summed E-state index contributed by atoms with van der Waals surface area (Å²) in [6, 6.07) is 5.35. The fourth-order valence-electron chi connectivity index (χ4n) is 4.24. The first-order valence-electron chi connectivity index (χ1n) is 12.1. The fourth-order valence-corrected chi connectivity index (χ4v) is 4.24. The molecule has 1 atom stereocenters. The zero-order chi connectivity index (χ0) is 27.2. The third kappa shape index (κ3) is 6.12. The van der Waals surface area contributed by atoms with Crippen LogP contribution in [-0.4, -0.2) is 92.4 Å². The second kappa shape index (κ2) is 11.8. The molecule has 0 radical (unpaired) electrons. The van der Waals surface area contributed by atoms with Crippen LogP contribution in [0, 0.1) is 11.6 Å². The number of ether oxygens (including phenoxy) is 2. The van der Waals surface area contributed by atoms with Gasteiger partial charge in [0, 0.05) is 44.5 Å². The molecule has 2 aliphatic heterocycles. The molecule has 1 aromatic carbocycles. The number of piperazine rings is 1. The number of aromatic amines is 1. The Morgan fingerprint density at radius 2 is 1.84 bits per heavy atom. The SMILES string of the molecule is CCOC(=O)NC[C@H]1CN(c2cc(F)c(N3CCN(C(=O)CNC(=O)c4ccc[nH]4)CC3)c(F)c2)C(=O)O1. The normalized spacial score (nSPS) is 17.3. The zero-order valence-corrected chi connectivity index (χ0v) is 20.7. The molecular formula is C24H28F2N6O6. The van der Waals surface area contributed by atoms with E-state index in [1.54, 1.807) is 25.3 Å². The van der Waals surface area contributed by atoms with Crippen LogP contribution in [0.3, 0.4) is 0 Å². The first-order chi connectivity index (χ1) is 18.3. The van der Waals surface area contributed by atoms with Crippen molar-refractivity contribution in [2.24, 2.45) is 0 Å². The highest BCUT2D eigenvalue weighted by molar-refractivity contribution is 5.95. The molecule has 0 spiro atoms. The van der Waals surface area contributed by atoms with Gasteiger partial charge in [0.05, 0.1) is 31.9 Å². The largest absolute Gasteiger partial charge is 0.450 e. The molecule has 4 rings (SSSR count). The van der Waals surface area contributed by atoms with Gasteiger partial charge in [-0.3, -0.25) is 14.5 Å². The third-order valence-corrected chi connectivity index (χ3v) is 6.13. The molecule has 2 aliphatic rings. The second-order valence-electron chi connectivity index (χ2n) is 8.61. The highest BCUT2D eigenvalue weighted by atomic mass is 19.1. The maximum absolute atomic E-state index is 15.0. The van der Waals surface area contributed by atoms with Gasteiger partial charge in [0.15, 0.2) is 11.6 Å². The number of anilines is 2. The summed E-state index contributed by atoms with van der Waals surface area (Å²) >= 11 is 0. The van der Waals surface area contributed by atoms with Crippen LogP contribution in [0.25, 0.3) is 0 Å². The van der Waals surface area contributed by atoms with Crippen molar-refractivity contribution in [1.29, 1.82) is 0 Å². The van der Waals surface area contributed by atoms with E-state index in [1.165, 1.54) is 9.80 Å². The Bertz CT molecular complexity index is 1160. The lowest BCUT2D eigenvalue weighted by Gasteiger charge is -2.36. The lowest BCUT2D eigenvalue weighted by atomic mass is 10.2. The first-order valence-corrected chi connectivity index (χ1v) is 12.1. The summed E-state index contributed by atoms with van der Waals surface area (Å²) in [6.45, 7) is 2.40. The molecule has 2 fully saturated rings. The van der Waals surface area contributed by atoms with Crippen molar-refractivity contribution in [3.05, 3.63) is 47.8 Å². The van der Waals surface area contributed by atoms with Crippen LogP contribution in [0.4, 0.5) is 29.7 Å². The van der Waals surface area contributed by atoms with E-state index in [-0.39, 0.29) is 69.7 Å². The van der Waals surface area contributed by atoms with Gasteiger partial charge in [0.1, 0.15) is 17.5 Å². The number of rotatable bonds is 8. The molecular weight excluding hydrogens is 506 g/mol. The molecule has 3 N–H and O–H groups in total. The number of nitrogens with zero attached hydrogens (tertiary/aromatic N) is 3. The monoisotopic (exact) mass is 534 g/mol. The number of carbonyl (C=O) groups is 4. The smallest absolute Gasteiger partial charge is 0.414 e. The first kappa shape index (κ1) is 26.7. The minimum atomic E-state index is -0.862. The van der Waals surface area contributed by atoms with Gasteiger partial charge in [-0.15, -0.1) is 0 Å². The number of benzene rings is 1. The van der Waals surface area contributed by atoms with Crippen molar-refractivity contribution in [3.8, 4) is 0 Å². The molecule has 3 heterocycles. The number of alkyl carbamates (subject to hydrolysis) is 1. The van der Waals surface area contributed by atoms with Crippen LogP contribution in [-0.2, 0) is 14.3 Å². The summed E-state index contributed by atoms with van der Waals surface area (Å²) in [5, 5.41) is 4.99. The molecule has 0 saturated carbocycles. The molecule has 38 heavy (non-hydrogen) atoms. The van der Waals surface area contributed by atoms with E-state index >= 15 is 8.78 Å². The van der Waals surface area contributed by atoms with E-state index in [2.05, 4.69) is 15.6 Å². The van der Waals surface area contributed by atoms with Crippen LogP contribution < -0.4 is 20.4 Å². The van der Waals surface area contributed by atoms with Crippen LogP contribution >= 0.6 is 0 Å². The Labute approximate surface area is 216 Å². The molecule has 0 aliphatic carbocycles. The van der Waals surface area contributed by atoms with Crippen molar-refractivity contribution in [3.63, 3.8) is 0 Å².